The predicted molar refractivity (Wildman–Crippen MR) is 100 cm³/mol. The van der Waals surface area contributed by atoms with Crippen LogP contribution in [0.5, 0.6) is 0 Å². The number of benzene rings is 1. The fraction of sp³-hybridized carbons (Fsp3) is 0.400. The van der Waals surface area contributed by atoms with E-state index in [2.05, 4.69) is 58.4 Å². The summed E-state index contributed by atoms with van der Waals surface area (Å²) in [7, 11) is 0. The van der Waals surface area contributed by atoms with Gasteiger partial charge in [0, 0.05) is 36.9 Å². The van der Waals surface area contributed by atoms with E-state index in [1.54, 1.807) is 0 Å². The second-order valence-electron chi connectivity index (χ2n) is 6.95. The van der Waals surface area contributed by atoms with Gasteiger partial charge >= 0.3 is 0 Å². The van der Waals surface area contributed by atoms with Crippen LogP contribution in [0.15, 0.2) is 42.9 Å². The van der Waals surface area contributed by atoms with Crippen LogP contribution in [0.4, 0.5) is 0 Å². The van der Waals surface area contributed by atoms with Gasteiger partial charge in [0.25, 0.3) is 0 Å². The number of rotatable bonds is 7. The first-order chi connectivity index (χ1) is 12.0. The highest BCUT2D eigenvalue weighted by Crippen LogP contribution is 2.19. The van der Waals surface area contributed by atoms with Crippen molar-refractivity contribution in [2.75, 3.05) is 0 Å². The third kappa shape index (κ3) is 4.10. The molecular weight excluding hydrogens is 312 g/mol. The maximum Gasteiger partial charge on any atom is 0.222 e. The van der Waals surface area contributed by atoms with Crippen molar-refractivity contribution < 1.29 is 4.79 Å². The number of aromatic nitrogens is 3. The summed E-state index contributed by atoms with van der Waals surface area (Å²) in [6.07, 6.45) is 4.13. The Morgan fingerprint density at radius 3 is 2.88 bits per heavy atom. The molecule has 0 aliphatic rings. The molecule has 1 amide bonds. The van der Waals surface area contributed by atoms with Gasteiger partial charge in [-0.3, -0.25) is 4.79 Å². The molecule has 3 aromatic rings. The van der Waals surface area contributed by atoms with Crippen molar-refractivity contribution >= 4 is 16.8 Å². The highest BCUT2D eigenvalue weighted by Gasteiger charge is 2.09. The van der Waals surface area contributed by atoms with Gasteiger partial charge in [-0.15, -0.1) is 0 Å². The van der Waals surface area contributed by atoms with E-state index in [9.17, 15) is 4.79 Å². The summed E-state index contributed by atoms with van der Waals surface area (Å²) in [6.45, 7) is 8.56. The summed E-state index contributed by atoms with van der Waals surface area (Å²) in [6, 6.07) is 10.4. The lowest BCUT2D eigenvalue weighted by Crippen LogP contribution is -2.25. The van der Waals surface area contributed by atoms with Gasteiger partial charge in [0.1, 0.15) is 0 Å². The number of hydrogen-bond donors (Lipinski definition) is 1. The summed E-state index contributed by atoms with van der Waals surface area (Å²) in [5, 5.41) is 4.24. The molecule has 3 rings (SSSR count). The van der Waals surface area contributed by atoms with E-state index in [-0.39, 0.29) is 5.91 Å². The zero-order chi connectivity index (χ0) is 17.8. The average Bonchev–Trinajstić information content (AvgIpc) is 3.13. The highest BCUT2D eigenvalue weighted by molar-refractivity contribution is 5.81. The lowest BCUT2D eigenvalue weighted by molar-refractivity contribution is -0.121. The minimum atomic E-state index is 0.0643. The quantitative estimate of drug-likeness (QED) is 0.717. The van der Waals surface area contributed by atoms with Crippen molar-refractivity contribution in [3.8, 4) is 0 Å². The van der Waals surface area contributed by atoms with Crippen molar-refractivity contribution in [2.45, 2.75) is 46.8 Å². The number of carbonyl (C=O) groups is 1. The van der Waals surface area contributed by atoms with E-state index in [4.69, 9.17) is 0 Å². The van der Waals surface area contributed by atoms with Crippen LogP contribution >= 0.6 is 0 Å². The number of aryl methyl sites for hydroxylation is 2. The van der Waals surface area contributed by atoms with Crippen LogP contribution in [-0.4, -0.2) is 20.0 Å². The number of amides is 1. The molecule has 0 saturated heterocycles. The average molecular weight is 338 g/mol. The van der Waals surface area contributed by atoms with Crippen molar-refractivity contribution in [3.05, 3.63) is 54.2 Å². The summed E-state index contributed by atoms with van der Waals surface area (Å²) in [5.41, 5.74) is 3.41. The van der Waals surface area contributed by atoms with Crippen LogP contribution in [0.3, 0.4) is 0 Å². The molecule has 0 aliphatic carbocycles. The van der Waals surface area contributed by atoms with Gasteiger partial charge in [0.15, 0.2) is 0 Å². The van der Waals surface area contributed by atoms with E-state index in [0.29, 0.717) is 25.4 Å². The largest absolute Gasteiger partial charge is 0.350 e. The van der Waals surface area contributed by atoms with Crippen molar-refractivity contribution in [1.29, 1.82) is 0 Å². The number of carbonyl (C=O) groups excluding carboxylic acids is 1. The highest BCUT2D eigenvalue weighted by atomic mass is 16.1. The molecule has 0 aliphatic heterocycles. The monoisotopic (exact) mass is 338 g/mol. The number of nitrogens with zero attached hydrogens (tertiary/aromatic N) is 3. The van der Waals surface area contributed by atoms with Crippen LogP contribution in [0.25, 0.3) is 10.9 Å². The van der Waals surface area contributed by atoms with Gasteiger partial charge in [-0.05, 0) is 30.4 Å². The van der Waals surface area contributed by atoms with Crippen LogP contribution in [0.1, 0.15) is 31.7 Å². The Hall–Kier alpha value is -2.56. The van der Waals surface area contributed by atoms with Gasteiger partial charge in [0.05, 0.1) is 18.6 Å². The topological polar surface area (TPSA) is 51.9 Å². The van der Waals surface area contributed by atoms with Crippen LogP contribution < -0.4 is 5.32 Å². The van der Waals surface area contributed by atoms with Gasteiger partial charge in [0.2, 0.25) is 5.91 Å². The zero-order valence-electron chi connectivity index (χ0n) is 15.2. The number of para-hydroxylation sites is 1. The molecule has 0 unspecified atom stereocenters. The number of fused-ring (bicyclic) bond motifs is 1. The van der Waals surface area contributed by atoms with E-state index in [1.807, 2.05) is 24.7 Å². The molecule has 1 aromatic carbocycles. The molecule has 0 saturated carbocycles. The van der Waals surface area contributed by atoms with E-state index in [0.717, 1.165) is 12.2 Å². The molecule has 0 atom stereocenters. The SMILES string of the molecule is Cc1cc2ccccc2n1CCC(=O)NCc1cncn1CC(C)C. The molecule has 25 heavy (non-hydrogen) atoms. The van der Waals surface area contributed by atoms with E-state index < -0.39 is 0 Å². The van der Waals surface area contributed by atoms with Crippen LogP contribution in [0, 0.1) is 12.8 Å². The minimum Gasteiger partial charge on any atom is -0.350 e. The molecule has 1 N–H and O–H groups in total. The maximum absolute atomic E-state index is 12.3. The lowest BCUT2D eigenvalue weighted by Gasteiger charge is -2.12. The maximum atomic E-state index is 12.3. The molecule has 0 fully saturated rings. The van der Waals surface area contributed by atoms with Gasteiger partial charge in [-0.1, -0.05) is 32.0 Å². The normalized spacial score (nSPS) is 11.4. The third-order valence-corrected chi connectivity index (χ3v) is 4.41. The lowest BCUT2D eigenvalue weighted by atomic mass is 10.2. The summed E-state index contributed by atoms with van der Waals surface area (Å²) in [4.78, 5) is 16.5. The Kier molecular flexibility index (Phi) is 5.22. The smallest absolute Gasteiger partial charge is 0.222 e. The van der Waals surface area contributed by atoms with E-state index in [1.165, 1.54) is 16.6 Å². The van der Waals surface area contributed by atoms with Crippen molar-refractivity contribution in [2.24, 2.45) is 5.92 Å². The Labute approximate surface area is 148 Å². The first-order valence-electron chi connectivity index (χ1n) is 8.85. The summed E-state index contributed by atoms with van der Waals surface area (Å²) >= 11 is 0. The Bertz CT molecular complexity index is 860. The fourth-order valence-corrected chi connectivity index (χ4v) is 3.19. The third-order valence-electron chi connectivity index (χ3n) is 4.41. The Morgan fingerprint density at radius 2 is 2.08 bits per heavy atom. The Balaban J connectivity index is 1.56. The molecule has 132 valence electrons. The Morgan fingerprint density at radius 1 is 1.28 bits per heavy atom. The van der Waals surface area contributed by atoms with Gasteiger partial charge in [-0.2, -0.15) is 0 Å². The molecule has 5 nitrogen and oxygen atoms in total. The van der Waals surface area contributed by atoms with Crippen molar-refractivity contribution in [1.82, 2.24) is 19.4 Å². The van der Waals surface area contributed by atoms with Crippen molar-refractivity contribution in [3.63, 3.8) is 0 Å². The molecule has 2 aromatic heterocycles. The summed E-state index contributed by atoms with van der Waals surface area (Å²) in [5.74, 6) is 0.614. The summed E-state index contributed by atoms with van der Waals surface area (Å²) < 4.78 is 4.31. The molecule has 5 heteroatoms. The molecular formula is C20H26N4O. The molecule has 0 spiro atoms. The fourth-order valence-electron chi connectivity index (χ4n) is 3.19. The van der Waals surface area contributed by atoms with E-state index >= 15 is 0 Å². The van der Waals surface area contributed by atoms with Gasteiger partial charge in [-0.25, -0.2) is 4.98 Å². The number of nitrogens with one attached hydrogen (secondary N) is 1. The standard InChI is InChI=1S/C20H26N4O/c1-15(2)13-23-14-21-11-18(23)12-22-20(25)8-9-24-16(3)10-17-6-4-5-7-19(17)24/h4-7,10-11,14-15H,8-9,12-13H2,1-3H3,(H,22,25). The van der Waals surface area contributed by atoms with Gasteiger partial charge < -0.3 is 14.5 Å². The predicted octanol–water partition coefficient (Wildman–Crippen LogP) is 3.51. The zero-order valence-corrected chi connectivity index (χ0v) is 15.2. The minimum absolute atomic E-state index is 0.0643. The first kappa shape index (κ1) is 17.3. The number of imidazole rings is 1. The van der Waals surface area contributed by atoms with Crippen LogP contribution in [-0.2, 0) is 24.4 Å². The first-order valence-corrected chi connectivity index (χ1v) is 8.85. The second-order valence-corrected chi connectivity index (χ2v) is 6.95. The molecule has 0 radical (unpaired) electrons. The van der Waals surface area contributed by atoms with Crippen LogP contribution in [0.2, 0.25) is 0 Å². The number of hydrogen-bond acceptors (Lipinski definition) is 2. The second kappa shape index (κ2) is 7.55. The molecule has 2 heterocycles. The molecule has 0 bridgehead atoms.